The maximum Gasteiger partial charge on any atom is 0.325 e. The maximum absolute atomic E-state index is 13.2. The number of nitrogens with zero attached hydrogens (tertiary/aromatic N) is 3. The quantitative estimate of drug-likeness (QED) is 0.248. The smallest absolute Gasteiger partial charge is 0.319 e. The number of nitro groups is 1. The topological polar surface area (TPSA) is 115 Å². The highest BCUT2D eigenvalue weighted by molar-refractivity contribution is 6.11. The first kappa shape index (κ1) is 23.9. The molecule has 1 aliphatic heterocycles. The lowest BCUT2D eigenvalue weighted by Gasteiger charge is -2.22. The monoisotopic (exact) mass is 474 g/mol. The van der Waals surface area contributed by atoms with Gasteiger partial charge in [-0.3, -0.25) is 24.6 Å². The largest absolute Gasteiger partial charge is 0.325 e. The summed E-state index contributed by atoms with van der Waals surface area (Å²) in [6, 6.07) is 12.5. The van der Waals surface area contributed by atoms with Crippen molar-refractivity contribution in [1.82, 2.24) is 14.8 Å². The van der Waals surface area contributed by atoms with E-state index in [-0.39, 0.29) is 11.5 Å². The molecule has 3 aromatic rings. The van der Waals surface area contributed by atoms with Crippen molar-refractivity contribution < 1.29 is 19.3 Å². The average molecular weight is 475 g/mol. The average Bonchev–Trinajstić information content (AvgIpc) is 3.23. The number of hydrogen-bond donors (Lipinski definition) is 1. The third kappa shape index (κ3) is 3.99. The molecule has 9 heteroatoms. The molecular formula is C26H26N4O5. The number of nitrogens with one attached hydrogen (secondary N) is 1. The number of non-ortho nitro benzene ring substituents is 1. The zero-order valence-corrected chi connectivity index (χ0v) is 20.2. The molecule has 0 spiro atoms. The van der Waals surface area contributed by atoms with E-state index in [9.17, 15) is 24.5 Å². The number of imide groups is 1. The Morgan fingerprint density at radius 1 is 1.00 bits per heavy atom. The van der Waals surface area contributed by atoms with Crippen LogP contribution < -0.4 is 5.32 Å². The zero-order valence-electron chi connectivity index (χ0n) is 20.2. The fraction of sp³-hybridized carbons (Fsp3) is 0.269. The van der Waals surface area contributed by atoms with Crippen LogP contribution in [0.25, 0.3) is 5.69 Å². The van der Waals surface area contributed by atoms with Crippen molar-refractivity contribution in [3.63, 3.8) is 0 Å². The summed E-state index contributed by atoms with van der Waals surface area (Å²) in [5, 5.41) is 13.6. The molecule has 1 saturated heterocycles. The summed E-state index contributed by atoms with van der Waals surface area (Å²) >= 11 is 0. The van der Waals surface area contributed by atoms with E-state index in [1.807, 2.05) is 44.4 Å². The number of rotatable bonds is 6. The lowest BCUT2D eigenvalue weighted by molar-refractivity contribution is -0.384. The van der Waals surface area contributed by atoms with E-state index in [2.05, 4.69) is 11.4 Å². The molecule has 180 valence electrons. The Kier molecular flexibility index (Phi) is 5.80. The van der Waals surface area contributed by atoms with Gasteiger partial charge >= 0.3 is 6.03 Å². The minimum atomic E-state index is -1.43. The number of Topliss-reactive ketones (excluding diaryl/α,β-unsaturated/α-hetero) is 1. The van der Waals surface area contributed by atoms with Crippen LogP contribution in [0.2, 0.25) is 0 Å². The van der Waals surface area contributed by atoms with Gasteiger partial charge in [0.2, 0.25) is 0 Å². The van der Waals surface area contributed by atoms with Gasteiger partial charge in [0.05, 0.1) is 11.5 Å². The second kappa shape index (κ2) is 8.50. The van der Waals surface area contributed by atoms with Gasteiger partial charge in [0, 0.05) is 34.8 Å². The van der Waals surface area contributed by atoms with Crippen LogP contribution in [0.15, 0.2) is 48.5 Å². The number of nitro benzene ring substituents is 1. The van der Waals surface area contributed by atoms with Crippen LogP contribution >= 0.6 is 0 Å². The molecule has 0 radical (unpaired) electrons. The van der Waals surface area contributed by atoms with Gasteiger partial charge in [-0.2, -0.15) is 0 Å². The van der Waals surface area contributed by atoms with Crippen LogP contribution in [0, 0.1) is 37.8 Å². The maximum atomic E-state index is 13.2. The first-order valence-electron chi connectivity index (χ1n) is 11.1. The molecule has 35 heavy (non-hydrogen) atoms. The summed E-state index contributed by atoms with van der Waals surface area (Å²) < 4.78 is 1.98. The number of benzene rings is 2. The van der Waals surface area contributed by atoms with E-state index in [0.717, 1.165) is 27.5 Å². The van der Waals surface area contributed by atoms with E-state index in [4.69, 9.17) is 0 Å². The molecule has 4 rings (SSSR count). The van der Waals surface area contributed by atoms with Gasteiger partial charge < -0.3 is 9.88 Å². The molecule has 3 amide bonds. The minimum absolute atomic E-state index is 0.125. The van der Waals surface area contributed by atoms with Gasteiger partial charge in [0.1, 0.15) is 5.54 Å². The highest BCUT2D eigenvalue weighted by atomic mass is 16.6. The molecule has 0 bridgehead atoms. The number of hydrogen-bond acceptors (Lipinski definition) is 5. The molecule has 1 aromatic heterocycles. The summed E-state index contributed by atoms with van der Waals surface area (Å²) in [5.41, 5.74) is 4.10. The molecule has 2 heterocycles. The molecule has 0 saturated carbocycles. The predicted octanol–water partition coefficient (Wildman–Crippen LogP) is 4.27. The molecule has 1 fully saturated rings. The van der Waals surface area contributed by atoms with Gasteiger partial charge in [0.15, 0.2) is 5.78 Å². The van der Waals surface area contributed by atoms with Crippen LogP contribution in [-0.4, -0.2) is 38.7 Å². The van der Waals surface area contributed by atoms with Gasteiger partial charge in [-0.1, -0.05) is 6.07 Å². The molecule has 1 N–H and O–H groups in total. The van der Waals surface area contributed by atoms with Crippen molar-refractivity contribution in [2.24, 2.45) is 0 Å². The lowest BCUT2D eigenvalue weighted by Crippen LogP contribution is -2.41. The number of urea groups is 1. The predicted molar refractivity (Wildman–Crippen MR) is 130 cm³/mol. The molecule has 2 aromatic carbocycles. The van der Waals surface area contributed by atoms with E-state index in [0.29, 0.717) is 11.1 Å². The van der Waals surface area contributed by atoms with E-state index >= 15 is 0 Å². The molecule has 1 aliphatic rings. The van der Waals surface area contributed by atoms with Gasteiger partial charge in [-0.25, -0.2) is 4.79 Å². The molecule has 0 aliphatic carbocycles. The number of aromatic nitrogens is 1. The number of aryl methyl sites for hydroxylation is 3. The van der Waals surface area contributed by atoms with E-state index < -0.39 is 28.9 Å². The second-order valence-corrected chi connectivity index (χ2v) is 9.06. The molecular weight excluding hydrogens is 448 g/mol. The van der Waals surface area contributed by atoms with E-state index in [1.165, 1.54) is 36.8 Å². The van der Waals surface area contributed by atoms with Crippen LogP contribution in [0.5, 0.6) is 0 Å². The van der Waals surface area contributed by atoms with Gasteiger partial charge in [-0.15, -0.1) is 0 Å². The minimum Gasteiger partial charge on any atom is -0.319 e. The van der Waals surface area contributed by atoms with Crippen molar-refractivity contribution in [1.29, 1.82) is 0 Å². The van der Waals surface area contributed by atoms with E-state index in [1.54, 1.807) is 6.07 Å². The second-order valence-electron chi connectivity index (χ2n) is 9.06. The Morgan fingerprint density at radius 3 is 2.26 bits per heavy atom. The highest BCUT2D eigenvalue weighted by Gasteiger charge is 2.49. The van der Waals surface area contributed by atoms with Crippen molar-refractivity contribution in [2.45, 2.75) is 40.2 Å². The third-order valence-corrected chi connectivity index (χ3v) is 6.71. The Hall–Kier alpha value is -4.27. The standard InChI is InChI=1S/C26H26N4O5/c1-15-6-9-21(12-16(15)2)29-17(3)13-22(18(29)4)23(31)14-28-24(32)26(5,27-25(28)33)19-7-10-20(11-8-19)30(34)35/h6-13H,14H2,1-5H3,(H,27,33). The first-order chi connectivity index (χ1) is 16.4. The summed E-state index contributed by atoms with van der Waals surface area (Å²) in [6.45, 7) is 8.90. The highest BCUT2D eigenvalue weighted by Crippen LogP contribution is 2.31. The Labute approximate surface area is 202 Å². The van der Waals surface area contributed by atoms with Crippen LogP contribution in [0.4, 0.5) is 10.5 Å². The number of carbonyl (C=O) groups excluding carboxylic acids is 3. The van der Waals surface area contributed by atoms with Crippen molar-refractivity contribution >= 4 is 23.4 Å². The number of ketones is 1. The van der Waals surface area contributed by atoms with Crippen LogP contribution in [0.1, 0.15) is 45.4 Å². The summed E-state index contributed by atoms with van der Waals surface area (Å²) in [4.78, 5) is 50.4. The van der Waals surface area contributed by atoms with Crippen molar-refractivity contribution in [3.8, 4) is 5.69 Å². The third-order valence-electron chi connectivity index (χ3n) is 6.71. The Morgan fingerprint density at radius 2 is 1.66 bits per heavy atom. The van der Waals surface area contributed by atoms with Gasteiger partial charge in [0.25, 0.3) is 11.6 Å². The Bertz CT molecular complexity index is 1390. The van der Waals surface area contributed by atoms with Crippen molar-refractivity contribution in [2.75, 3.05) is 6.54 Å². The van der Waals surface area contributed by atoms with Gasteiger partial charge in [-0.05, 0) is 81.6 Å². The van der Waals surface area contributed by atoms with Crippen LogP contribution in [-0.2, 0) is 10.3 Å². The number of carbonyl (C=O) groups is 3. The lowest BCUT2D eigenvalue weighted by atomic mass is 9.92. The molecule has 9 nitrogen and oxygen atoms in total. The summed E-state index contributed by atoms with van der Waals surface area (Å²) in [6.07, 6.45) is 0. The molecule has 1 unspecified atom stereocenters. The summed E-state index contributed by atoms with van der Waals surface area (Å²) in [5.74, 6) is -0.947. The normalized spacial score (nSPS) is 17.6. The Balaban J connectivity index is 1.59. The van der Waals surface area contributed by atoms with Crippen LogP contribution in [0.3, 0.4) is 0 Å². The number of amides is 3. The fourth-order valence-electron chi connectivity index (χ4n) is 4.49. The molecule has 1 atom stereocenters. The fourth-order valence-corrected chi connectivity index (χ4v) is 4.49. The summed E-state index contributed by atoms with van der Waals surface area (Å²) in [7, 11) is 0. The zero-order chi connectivity index (χ0) is 25.7. The van der Waals surface area contributed by atoms with Crippen molar-refractivity contribution in [3.05, 3.63) is 92.3 Å². The first-order valence-corrected chi connectivity index (χ1v) is 11.1. The SMILES string of the molecule is Cc1ccc(-n2c(C)cc(C(=O)CN3C(=O)NC(C)(c4ccc([N+](=O)[O-])cc4)C3=O)c2C)cc1C.